The maximum atomic E-state index is 13.2. The first-order valence-corrected chi connectivity index (χ1v) is 7.75. The summed E-state index contributed by atoms with van der Waals surface area (Å²) in [6, 6.07) is 12.1. The van der Waals surface area contributed by atoms with E-state index in [2.05, 4.69) is 15.0 Å². The molecule has 1 N–H and O–H groups in total. The average molecular weight is 319 g/mol. The standard InChI is InChI=1S/C20H18FN3/c1-3-4-6-14(2)20-23-18-10-9-17(12-19(18)24-20)22-13-15-7-5-8-16(21)11-15/h3-13H,1-2H3,(H,23,24)/b4-3-,14-6+,22-13?. The smallest absolute Gasteiger partial charge is 0.134 e. The van der Waals surface area contributed by atoms with Crippen LogP contribution in [0.3, 0.4) is 0 Å². The van der Waals surface area contributed by atoms with Gasteiger partial charge in [-0.05, 0) is 55.3 Å². The van der Waals surface area contributed by atoms with E-state index in [-0.39, 0.29) is 5.82 Å². The second-order valence-electron chi connectivity index (χ2n) is 5.48. The van der Waals surface area contributed by atoms with Crippen molar-refractivity contribution in [3.8, 4) is 0 Å². The summed E-state index contributed by atoms with van der Waals surface area (Å²) in [4.78, 5) is 12.3. The molecule has 3 nitrogen and oxygen atoms in total. The number of aliphatic imine (C=N–C) groups is 1. The van der Waals surface area contributed by atoms with Gasteiger partial charge in [-0.15, -0.1) is 0 Å². The van der Waals surface area contributed by atoms with Crippen molar-refractivity contribution in [3.63, 3.8) is 0 Å². The predicted octanol–water partition coefficient (Wildman–Crippen LogP) is 5.43. The molecule has 0 spiro atoms. The largest absolute Gasteiger partial charge is 0.338 e. The molecule has 24 heavy (non-hydrogen) atoms. The molecule has 0 amide bonds. The lowest BCUT2D eigenvalue weighted by atomic mass is 10.2. The fourth-order valence-corrected chi connectivity index (χ4v) is 2.32. The fraction of sp³-hybridized carbons (Fsp3) is 0.100. The van der Waals surface area contributed by atoms with Crippen LogP contribution in [0.1, 0.15) is 25.2 Å². The number of nitrogens with one attached hydrogen (secondary N) is 1. The highest BCUT2D eigenvalue weighted by Crippen LogP contribution is 2.22. The first-order chi connectivity index (χ1) is 11.7. The van der Waals surface area contributed by atoms with Crippen LogP contribution >= 0.6 is 0 Å². The third-order valence-corrected chi connectivity index (χ3v) is 3.59. The number of halogens is 1. The summed E-state index contributed by atoms with van der Waals surface area (Å²) in [5, 5.41) is 0. The third-order valence-electron chi connectivity index (χ3n) is 3.59. The van der Waals surface area contributed by atoms with Gasteiger partial charge in [0.05, 0.1) is 16.7 Å². The van der Waals surface area contributed by atoms with Crippen LogP contribution < -0.4 is 0 Å². The van der Waals surface area contributed by atoms with E-state index in [4.69, 9.17) is 0 Å². The lowest BCUT2D eigenvalue weighted by Crippen LogP contribution is -1.82. The molecule has 3 rings (SSSR count). The molecule has 0 aliphatic rings. The van der Waals surface area contributed by atoms with Crippen molar-refractivity contribution in [1.29, 1.82) is 0 Å². The van der Waals surface area contributed by atoms with Crippen molar-refractivity contribution in [1.82, 2.24) is 9.97 Å². The minimum absolute atomic E-state index is 0.268. The highest BCUT2D eigenvalue weighted by molar-refractivity contribution is 5.85. The summed E-state index contributed by atoms with van der Waals surface area (Å²) in [5.74, 6) is 0.574. The van der Waals surface area contributed by atoms with Gasteiger partial charge in [-0.25, -0.2) is 9.37 Å². The van der Waals surface area contributed by atoms with Crippen molar-refractivity contribution in [3.05, 3.63) is 77.9 Å². The Morgan fingerprint density at radius 1 is 1.21 bits per heavy atom. The predicted molar refractivity (Wildman–Crippen MR) is 98.2 cm³/mol. The van der Waals surface area contributed by atoms with Crippen molar-refractivity contribution in [2.24, 2.45) is 4.99 Å². The van der Waals surface area contributed by atoms with Gasteiger partial charge in [0.25, 0.3) is 0 Å². The molecule has 1 heterocycles. The van der Waals surface area contributed by atoms with Gasteiger partial charge in [0.2, 0.25) is 0 Å². The van der Waals surface area contributed by atoms with E-state index >= 15 is 0 Å². The zero-order valence-corrected chi connectivity index (χ0v) is 13.6. The Hall–Kier alpha value is -3.01. The number of hydrogen-bond donors (Lipinski definition) is 1. The topological polar surface area (TPSA) is 41.0 Å². The molecule has 0 fully saturated rings. The van der Waals surface area contributed by atoms with Crippen LogP contribution in [0.5, 0.6) is 0 Å². The van der Waals surface area contributed by atoms with Crippen LogP contribution in [0.15, 0.2) is 65.7 Å². The molecule has 1 aromatic heterocycles. The van der Waals surface area contributed by atoms with Crippen molar-refractivity contribution >= 4 is 28.5 Å². The van der Waals surface area contributed by atoms with Crippen molar-refractivity contribution < 1.29 is 4.39 Å². The van der Waals surface area contributed by atoms with Crippen LogP contribution in [0.2, 0.25) is 0 Å². The summed E-state index contributed by atoms with van der Waals surface area (Å²) in [6.45, 7) is 3.99. The number of rotatable bonds is 4. The summed E-state index contributed by atoms with van der Waals surface area (Å²) < 4.78 is 13.2. The molecular formula is C20H18FN3. The second-order valence-corrected chi connectivity index (χ2v) is 5.48. The summed E-state index contributed by atoms with van der Waals surface area (Å²) in [5.41, 5.74) is 4.40. The minimum Gasteiger partial charge on any atom is -0.338 e. The Labute approximate surface area is 140 Å². The zero-order valence-electron chi connectivity index (χ0n) is 13.6. The lowest BCUT2D eigenvalue weighted by Gasteiger charge is -1.95. The van der Waals surface area contributed by atoms with Crippen molar-refractivity contribution in [2.45, 2.75) is 13.8 Å². The highest BCUT2D eigenvalue weighted by Gasteiger charge is 2.04. The number of nitrogens with zero attached hydrogens (tertiary/aromatic N) is 2. The molecule has 0 aliphatic heterocycles. The van der Waals surface area contributed by atoms with Crippen LogP contribution in [0, 0.1) is 5.82 Å². The second kappa shape index (κ2) is 7.04. The number of benzene rings is 2. The van der Waals surface area contributed by atoms with Gasteiger partial charge in [-0.1, -0.05) is 30.4 Å². The van der Waals surface area contributed by atoms with Gasteiger partial charge < -0.3 is 4.98 Å². The van der Waals surface area contributed by atoms with Crippen LogP contribution in [0.25, 0.3) is 16.6 Å². The van der Waals surface area contributed by atoms with E-state index in [0.717, 1.165) is 33.7 Å². The molecular weight excluding hydrogens is 301 g/mol. The lowest BCUT2D eigenvalue weighted by molar-refractivity contribution is 0.627. The first-order valence-electron chi connectivity index (χ1n) is 7.75. The highest BCUT2D eigenvalue weighted by atomic mass is 19.1. The van der Waals surface area contributed by atoms with E-state index in [1.165, 1.54) is 12.1 Å². The molecule has 0 aliphatic carbocycles. The Kier molecular flexibility index (Phi) is 4.66. The van der Waals surface area contributed by atoms with E-state index in [0.29, 0.717) is 0 Å². The van der Waals surface area contributed by atoms with Gasteiger partial charge in [0, 0.05) is 6.21 Å². The normalized spacial score (nSPS) is 12.7. The molecule has 2 aromatic carbocycles. The van der Waals surface area contributed by atoms with E-state index in [1.54, 1.807) is 12.3 Å². The Morgan fingerprint density at radius 3 is 2.88 bits per heavy atom. The van der Waals surface area contributed by atoms with Gasteiger partial charge in [-0.3, -0.25) is 4.99 Å². The summed E-state index contributed by atoms with van der Waals surface area (Å²) >= 11 is 0. The molecule has 3 aromatic rings. The number of aromatic amines is 1. The van der Waals surface area contributed by atoms with Crippen molar-refractivity contribution in [2.75, 3.05) is 0 Å². The monoisotopic (exact) mass is 319 g/mol. The average Bonchev–Trinajstić information content (AvgIpc) is 3.01. The van der Waals surface area contributed by atoms with Gasteiger partial charge in [0.1, 0.15) is 11.6 Å². The van der Waals surface area contributed by atoms with Gasteiger partial charge in [-0.2, -0.15) is 0 Å². The maximum Gasteiger partial charge on any atom is 0.134 e. The third kappa shape index (κ3) is 3.66. The Bertz CT molecular complexity index is 948. The van der Waals surface area contributed by atoms with Gasteiger partial charge in [0.15, 0.2) is 0 Å². The quantitative estimate of drug-likeness (QED) is 0.505. The SMILES string of the molecule is C/C=C\C=C(/C)c1nc2ccc(N=Cc3cccc(F)c3)cc2[nH]1. The molecule has 120 valence electrons. The maximum absolute atomic E-state index is 13.2. The first kappa shape index (κ1) is 15.9. The van der Waals surface area contributed by atoms with Crippen LogP contribution in [0.4, 0.5) is 10.1 Å². The molecule has 4 heteroatoms. The molecule has 0 unspecified atom stereocenters. The number of imidazole rings is 1. The molecule has 0 radical (unpaired) electrons. The number of allylic oxidation sites excluding steroid dienone is 4. The summed E-state index contributed by atoms with van der Waals surface area (Å²) in [7, 11) is 0. The Morgan fingerprint density at radius 2 is 2.08 bits per heavy atom. The zero-order chi connectivity index (χ0) is 16.9. The van der Waals surface area contributed by atoms with E-state index in [1.807, 2.05) is 56.3 Å². The molecule has 0 bridgehead atoms. The van der Waals surface area contributed by atoms with Gasteiger partial charge >= 0.3 is 0 Å². The van der Waals surface area contributed by atoms with E-state index in [9.17, 15) is 4.39 Å². The number of aromatic nitrogens is 2. The minimum atomic E-state index is -0.268. The number of H-pyrrole nitrogens is 1. The molecule has 0 saturated carbocycles. The number of hydrogen-bond acceptors (Lipinski definition) is 2. The number of fused-ring (bicyclic) bond motifs is 1. The molecule has 0 saturated heterocycles. The van der Waals surface area contributed by atoms with Crippen LogP contribution in [-0.2, 0) is 0 Å². The molecule has 0 atom stereocenters. The summed E-state index contributed by atoms with van der Waals surface area (Å²) in [6.07, 6.45) is 7.63. The Balaban J connectivity index is 1.88. The van der Waals surface area contributed by atoms with Crippen LogP contribution in [-0.4, -0.2) is 16.2 Å². The fourth-order valence-electron chi connectivity index (χ4n) is 2.32. The van der Waals surface area contributed by atoms with E-state index < -0.39 is 0 Å².